The predicted octanol–water partition coefficient (Wildman–Crippen LogP) is 2.94. The Labute approximate surface area is 98.2 Å². The zero-order valence-corrected chi connectivity index (χ0v) is 10.8. The fourth-order valence-corrected chi connectivity index (χ4v) is 2.04. The molecule has 0 amide bonds. The van der Waals surface area contributed by atoms with Crippen molar-refractivity contribution in [1.29, 1.82) is 0 Å². The largest absolute Gasteiger partial charge is 0.481 e. The lowest BCUT2D eigenvalue weighted by Gasteiger charge is -2.33. The zero-order valence-electron chi connectivity index (χ0n) is 10.8. The van der Waals surface area contributed by atoms with E-state index in [0.29, 0.717) is 12.5 Å². The summed E-state index contributed by atoms with van der Waals surface area (Å²) in [7, 11) is 0. The normalized spacial score (nSPS) is 31.4. The van der Waals surface area contributed by atoms with Gasteiger partial charge in [0.05, 0.1) is 18.1 Å². The van der Waals surface area contributed by atoms with Crippen LogP contribution in [0.2, 0.25) is 0 Å². The van der Waals surface area contributed by atoms with Crippen LogP contribution in [-0.2, 0) is 9.53 Å². The van der Waals surface area contributed by atoms with E-state index in [9.17, 15) is 4.79 Å². The highest BCUT2D eigenvalue weighted by atomic mass is 16.5. The number of carboxylic acid groups (broad SMARTS) is 1. The van der Waals surface area contributed by atoms with Gasteiger partial charge >= 0.3 is 5.97 Å². The van der Waals surface area contributed by atoms with Crippen LogP contribution in [0.4, 0.5) is 0 Å². The molecule has 1 N–H and O–H groups in total. The van der Waals surface area contributed by atoms with Crippen LogP contribution in [0.25, 0.3) is 0 Å². The molecule has 0 saturated heterocycles. The van der Waals surface area contributed by atoms with Crippen molar-refractivity contribution < 1.29 is 14.6 Å². The van der Waals surface area contributed by atoms with Gasteiger partial charge < -0.3 is 9.84 Å². The van der Waals surface area contributed by atoms with E-state index >= 15 is 0 Å². The minimum atomic E-state index is -0.787. The maximum Gasteiger partial charge on any atom is 0.311 e. The molecule has 1 fully saturated rings. The van der Waals surface area contributed by atoms with Crippen LogP contribution in [0.1, 0.15) is 47.0 Å². The summed E-state index contributed by atoms with van der Waals surface area (Å²) >= 11 is 0. The first-order valence-electron chi connectivity index (χ1n) is 6.18. The number of ether oxygens (including phenoxy) is 1. The summed E-state index contributed by atoms with van der Waals surface area (Å²) < 4.78 is 5.75. The number of carboxylic acids is 1. The minimum absolute atomic E-state index is 0.254. The number of hydrogen-bond acceptors (Lipinski definition) is 2. The first-order chi connectivity index (χ1) is 7.33. The highest BCUT2D eigenvalue weighted by Gasteiger charge is 2.31. The van der Waals surface area contributed by atoms with Crippen molar-refractivity contribution in [3.63, 3.8) is 0 Å². The van der Waals surface area contributed by atoms with Crippen molar-refractivity contribution in [2.24, 2.45) is 17.3 Å². The minimum Gasteiger partial charge on any atom is -0.481 e. The Morgan fingerprint density at radius 1 is 1.31 bits per heavy atom. The van der Waals surface area contributed by atoms with E-state index < -0.39 is 11.4 Å². The summed E-state index contributed by atoms with van der Waals surface area (Å²) in [5.41, 5.74) is -0.772. The molecular weight excluding hydrogens is 204 g/mol. The molecule has 1 rings (SSSR count). The zero-order chi connectivity index (χ0) is 12.3. The lowest BCUT2D eigenvalue weighted by Crippen LogP contribution is -2.34. The van der Waals surface area contributed by atoms with E-state index in [1.165, 1.54) is 6.42 Å². The molecule has 1 aliphatic rings. The molecule has 0 heterocycles. The SMILES string of the molecule is CC1CCC(OCC(C)(C)C(=O)O)CC1C. The second-order valence-electron chi connectivity index (χ2n) is 5.89. The lowest BCUT2D eigenvalue weighted by molar-refractivity contribution is -0.152. The maximum atomic E-state index is 10.9. The summed E-state index contributed by atoms with van der Waals surface area (Å²) in [6.45, 7) is 8.27. The van der Waals surface area contributed by atoms with Gasteiger partial charge in [-0.1, -0.05) is 13.8 Å². The second kappa shape index (κ2) is 5.17. The summed E-state index contributed by atoms with van der Waals surface area (Å²) in [6, 6.07) is 0. The predicted molar refractivity (Wildman–Crippen MR) is 63.3 cm³/mol. The highest BCUT2D eigenvalue weighted by molar-refractivity contribution is 5.73. The van der Waals surface area contributed by atoms with Gasteiger partial charge in [-0.2, -0.15) is 0 Å². The molecule has 3 unspecified atom stereocenters. The van der Waals surface area contributed by atoms with Gasteiger partial charge in [0, 0.05) is 0 Å². The molecule has 3 nitrogen and oxygen atoms in total. The van der Waals surface area contributed by atoms with Gasteiger partial charge in [0.25, 0.3) is 0 Å². The summed E-state index contributed by atoms with van der Waals surface area (Å²) in [6.07, 6.45) is 3.59. The molecule has 0 aromatic heterocycles. The van der Waals surface area contributed by atoms with Crippen LogP contribution in [-0.4, -0.2) is 23.8 Å². The van der Waals surface area contributed by atoms with Gasteiger partial charge in [-0.05, 0) is 44.9 Å². The Morgan fingerprint density at radius 3 is 2.44 bits per heavy atom. The molecule has 0 spiro atoms. The van der Waals surface area contributed by atoms with E-state index in [2.05, 4.69) is 13.8 Å². The third kappa shape index (κ3) is 3.48. The fourth-order valence-electron chi connectivity index (χ4n) is 2.04. The number of carbonyl (C=O) groups is 1. The fraction of sp³-hybridized carbons (Fsp3) is 0.923. The molecule has 3 atom stereocenters. The summed E-state index contributed by atoms with van der Waals surface area (Å²) in [4.78, 5) is 10.9. The van der Waals surface area contributed by atoms with Crippen LogP contribution in [0.5, 0.6) is 0 Å². The molecule has 3 heteroatoms. The molecule has 1 aliphatic carbocycles. The van der Waals surface area contributed by atoms with E-state index in [0.717, 1.165) is 18.8 Å². The van der Waals surface area contributed by atoms with Crippen molar-refractivity contribution in [2.45, 2.75) is 53.1 Å². The Kier molecular flexibility index (Phi) is 4.36. The van der Waals surface area contributed by atoms with Crippen molar-refractivity contribution in [1.82, 2.24) is 0 Å². The van der Waals surface area contributed by atoms with Crippen molar-refractivity contribution in [2.75, 3.05) is 6.61 Å². The molecule has 1 saturated carbocycles. The maximum absolute atomic E-state index is 10.9. The summed E-state index contributed by atoms with van der Waals surface area (Å²) in [5.74, 6) is 0.670. The molecule has 0 aliphatic heterocycles. The molecule has 94 valence electrons. The van der Waals surface area contributed by atoms with Crippen molar-refractivity contribution in [3.05, 3.63) is 0 Å². The Hall–Kier alpha value is -0.570. The summed E-state index contributed by atoms with van der Waals surface area (Å²) in [5, 5.41) is 8.98. The third-order valence-corrected chi connectivity index (χ3v) is 3.81. The molecule has 0 bridgehead atoms. The smallest absolute Gasteiger partial charge is 0.311 e. The number of aliphatic carboxylic acids is 1. The van der Waals surface area contributed by atoms with Crippen LogP contribution >= 0.6 is 0 Å². The van der Waals surface area contributed by atoms with Gasteiger partial charge in [-0.25, -0.2) is 0 Å². The van der Waals surface area contributed by atoms with Crippen molar-refractivity contribution >= 4 is 5.97 Å². The van der Waals surface area contributed by atoms with Gasteiger partial charge in [-0.3, -0.25) is 4.79 Å². The molecule has 0 radical (unpaired) electrons. The number of rotatable bonds is 4. The van der Waals surface area contributed by atoms with Crippen LogP contribution < -0.4 is 0 Å². The first kappa shape index (κ1) is 13.5. The average molecular weight is 228 g/mol. The van der Waals surface area contributed by atoms with Gasteiger partial charge in [0.1, 0.15) is 0 Å². The Morgan fingerprint density at radius 2 is 1.94 bits per heavy atom. The Balaban J connectivity index is 2.36. The van der Waals surface area contributed by atoms with E-state index in [1.54, 1.807) is 13.8 Å². The average Bonchev–Trinajstić information content (AvgIpc) is 2.20. The first-order valence-corrected chi connectivity index (χ1v) is 6.18. The molecule has 0 aromatic carbocycles. The van der Waals surface area contributed by atoms with Crippen molar-refractivity contribution in [3.8, 4) is 0 Å². The van der Waals surface area contributed by atoms with Crippen LogP contribution in [0.15, 0.2) is 0 Å². The topological polar surface area (TPSA) is 46.5 Å². The quantitative estimate of drug-likeness (QED) is 0.804. The van der Waals surface area contributed by atoms with Gasteiger partial charge in [-0.15, -0.1) is 0 Å². The third-order valence-electron chi connectivity index (χ3n) is 3.81. The lowest BCUT2D eigenvalue weighted by atomic mass is 9.80. The molecule has 16 heavy (non-hydrogen) atoms. The van der Waals surface area contributed by atoms with Crippen LogP contribution in [0.3, 0.4) is 0 Å². The second-order valence-corrected chi connectivity index (χ2v) is 5.89. The van der Waals surface area contributed by atoms with E-state index in [-0.39, 0.29) is 6.10 Å². The van der Waals surface area contributed by atoms with Crippen LogP contribution in [0, 0.1) is 17.3 Å². The van der Waals surface area contributed by atoms with E-state index in [4.69, 9.17) is 9.84 Å². The van der Waals surface area contributed by atoms with E-state index in [1.807, 2.05) is 0 Å². The Bertz CT molecular complexity index is 248. The highest BCUT2D eigenvalue weighted by Crippen LogP contribution is 2.31. The molecule has 0 aromatic rings. The number of hydrogen-bond donors (Lipinski definition) is 1. The standard InChI is InChI=1S/C13H24O3/c1-9-5-6-11(7-10(9)2)16-8-13(3,4)12(14)15/h9-11H,5-8H2,1-4H3,(H,14,15). The monoisotopic (exact) mass is 228 g/mol. The molecular formula is C13H24O3. The van der Waals surface area contributed by atoms with Gasteiger partial charge in [0.2, 0.25) is 0 Å². The van der Waals surface area contributed by atoms with Gasteiger partial charge in [0.15, 0.2) is 0 Å².